The van der Waals surface area contributed by atoms with Crippen molar-refractivity contribution >= 4 is 17.4 Å². The monoisotopic (exact) mass is 299 g/mol. The molecule has 0 fully saturated rings. The first-order valence-corrected chi connectivity index (χ1v) is 6.81. The van der Waals surface area contributed by atoms with Crippen molar-refractivity contribution in [2.75, 3.05) is 12.8 Å². The number of halogens is 1. The minimum atomic E-state index is 0.429. The lowest BCUT2D eigenvalue weighted by Gasteiger charge is -2.08. The molecule has 0 saturated heterocycles. The third-order valence-corrected chi connectivity index (χ3v) is 3.63. The molecule has 0 aliphatic heterocycles. The Bertz CT molecular complexity index is 783. The van der Waals surface area contributed by atoms with Crippen molar-refractivity contribution in [3.05, 3.63) is 53.6 Å². The lowest BCUT2D eigenvalue weighted by Crippen LogP contribution is -1.90. The van der Waals surface area contributed by atoms with Crippen molar-refractivity contribution in [3.63, 3.8) is 0 Å². The highest BCUT2D eigenvalue weighted by Crippen LogP contribution is 2.38. The number of ether oxygens (including phenoxy) is 1. The van der Waals surface area contributed by atoms with Gasteiger partial charge >= 0.3 is 0 Å². The minimum Gasteiger partial charge on any atom is -0.497 e. The number of aromatic nitrogens is 2. The van der Waals surface area contributed by atoms with E-state index in [4.69, 9.17) is 22.1 Å². The summed E-state index contributed by atoms with van der Waals surface area (Å²) < 4.78 is 5.26. The summed E-state index contributed by atoms with van der Waals surface area (Å²) in [4.78, 5) is 0. The second kappa shape index (κ2) is 5.50. The van der Waals surface area contributed by atoms with Gasteiger partial charge in [0.05, 0.1) is 18.4 Å². The number of hydrogen-bond acceptors (Lipinski definition) is 3. The van der Waals surface area contributed by atoms with E-state index < -0.39 is 0 Å². The molecule has 0 radical (unpaired) electrons. The Morgan fingerprint density at radius 1 is 1.14 bits per heavy atom. The first-order valence-electron chi connectivity index (χ1n) is 6.44. The normalized spacial score (nSPS) is 10.6. The number of nitrogens with two attached hydrogens (primary N) is 1. The van der Waals surface area contributed by atoms with Crippen LogP contribution in [0.4, 0.5) is 5.82 Å². The molecule has 4 nitrogen and oxygen atoms in total. The Morgan fingerprint density at radius 2 is 1.95 bits per heavy atom. The van der Waals surface area contributed by atoms with E-state index in [1.54, 1.807) is 7.11 Å². The molecule has 1 heterocycles. The summed E-state index contributed by atoms with van der Waals surface area (Å²) in [6.45, 7) is 0. The summed E-state index contributed by atoms with van der Waals surface area (Å²) in [5.74, 6) is 1.19. The van der Waals surface area contributed by atoms with Crippen LogP contribution >= 0.6 is 11.6 Å². The number of nitrogens with zero attached hydrogens (tertiary/aromatic N) is 1. The van der Waals surface area contributed by atoms with Gasteiger partial charge in [-0.3, -0.25) is 5.10 Å². The van der Waals surface area contributed by atoms with Crippen LogP contribution in [0.3, 0.4) is 0 Å². The van der Waals surface area contributed by atoms with Gasteiger partial charge in [-0.1, -0.05) is 41.9 Å². The Balaban J connectivity index is 2.20. The van der Waals surface area contributed by atoms with Crippen LogP contribution in [0, 0.1) is 0 Å². The van der Waals surface area contributed by atoms with Crippen LogP contribution in [0.15, 0.2) is 48.5 Å². The second-order valence-electron chi connectivity index (χ2n) is 4.57. The SMILES string of the molecule is COc1cccc(-c2c(N)n[nH]c2-c2ccccc2Cl)c1. The quantitative estimate of drug-likeness (QED) is 0.768. The predicted octanol–water partition coefficient (Wildman–Crippen LogP) is 3.99. The molecule has 0 aliphatic carbocycles. The first-order chi connectivity index (χ1) is 10.2. The lowest BCUT2D eigenvalue weighted by molar-refractivity contribution is 0.415. The van der Waals surface area contributed by atoms with Crippen molar-refractivity contribution < 1.29 is 4.74 Å². The van der Waals surface area contributed by atoms with E-state index in [0.29, 0.717) is 10.8 Å². The first kappa shape index (κ1) is 13.5. The highest BCUT2D eigenvalue weighted by molar-refractivity contribution is 6.33. The van der Waals surface area contributed by atoms with Gasteiger partial charge < -0.3 is 10.5 Å². The van der Waals surface area contributed by atoms with Crippen LogP contribution in [0.5, 0.6) is 5.75 Å². The fourth-order valence-corrected chi connectivity index (χ4v) is 2.52. The lowest BCUT2D eigenvalue weighted by atomic mass is 10.0. The van der Waals surface area contributed by atoms with E-state index in [1.165, 1.54) is 0 Å². The number of benzene rings is 2. The molecule has 3 N–H and O–H groups in total. The third kappa shape index (κ3) is 2.45. The third-order valence-electron chi connectivity index (χ3n) is 3.30. The van der Waals surface area contributed by atoms with Gasteiger partial charge in [0.25, 0.3) is 0 Å². The van der Waals surface area contributed by atoms with Crippen molar-refractivity contribution in [1.29, 1.82) is 0 Å². The average Bonchev–Trinajstić information content (AvgIpc) is 2.89. The van der Waals surface area contributed by atoms with E-state index in [0.717, 1.165) is 28.1 Å². The number of H-pyrrole nitrogens is 1. The number of methoxy groups -OCH3 is 1. The van der Waals surface area contributed by atoms with Crippen LogP contribution < -0.4 is 10.5 Å². The van der Waals surface area contributed by atoms with E-state index in [-0.39, 0.29) is 0 Å². The standard InChI is InChI=1S/C16H14ClN3O/c1-21-11-6-4-5-10(9-11)14-15(19-20-16(14)18)12-7-2-3-8-13(12)17/h2-9H,1H3,(H3,18,19,20). The van der Waals surface area contributed by atoms with Crippen LogP contribution in [-0.2, 0) is 0 Å². The number of anilines is 1. The number of nitrogen functional groups attached to an aromatic ring is 1. The zero-order valence-corrected chi connectivity index (χ0v) is 12.2. The largest absolute Gasteiger partial charge is 0.497 e. The number of hydrogen-bond donors (Lipinski definition) is 2. The van der Waals surface area contributed by atoms with Crippen molar-refractivity contribution in [2.24, 2.45) is 0 Å². The van der Waals surface area contributed by atoms with Gasteiger partial charge in [-0.15, -0.1) is 0 Å². The molecule has 1 aromatic heterocycles. The van der Waals surface area contributed by atoms with Crippen molar-refractivity contribution in [3.8, 4) is 28.1 Å². The van der Waals surface area contributed by atoms with Gasteiger partial charge in [-0.05, 0) is 23.8 Å². The molecule has 0 atom stereocenters. The van der Waals surface area contributed by atoms with Gasteiger partial charge in [0.2, 0.25) is 0 Å². The molecule has 0 unspecified atom stereocenters. The maximum absolute atomic E-state index is 6.27. The van der Waals surface area contributed by atoms with Gasteiger partial charge in [-0.25, -0.2) is 0 Å². The molecule has 0 spiro atoms. The molecule has 0 aliphatic rings. The summed E-state index contributed by atoms with van der Waals surface area (Å²) >= 11 is 6.27. The average molecular weight is 300 g/mol. The van der Waals surface area contributed by atoms with E-state index >= 15 is 0 Å². The molecular formula is C16H14ClN3O. The predicted molar refractivity (Wildman–Crippen MR) is 85.4 cm³/mol. The zero-order chi connectivity index (χ0) is 14.8. The summed E-state index contributed by atoms with van der Waals surface area (Å²) in [6.07, 6.45) is 0. The van der Waals surface area contributed by atoms with E-state index in [1.807, 2.05) is 48.5 Å². The topological polar surface area (TPSA) is 63.9 Å². The summed E-state index contributed by atoms with van der Waals surface area (Å²) in [6, 6.07) is 15.3. The molecule has 3 aromatic rings. The van der Waals surface area contributed by atoms with Crippen LogP contribution in [0.25, 0.3) is 22.4 Å². The van der Waals surface area contributed by atoms with E-state index in [9.17, 15) is 0 Å². The molecule has 3 rings (SSSR count). The second-order valence-corrected chi connectivity index (χ2v) is 4.98. The summed E-state index contributed by atoms with van der Waals surface area (Å²) in [7, 11) is 1.63. The van der Waals surface area contributed by atoms with Crippen LogP contribution in [0.1, 0.15) is 0 Å². The Morgan fingerprint density at radius 3 is 2.71 bits per heavy atom. The van der Waals surface area contributed by atoms with Crippen molar-refractivity contribution in [2.45, 2.75) is 0 Å². The Kier molecular flexibility index (Phi) is 3.54. The molecule has 106 valence electrons. The fraction of sp³-hybridized carbons (Fsp3) is 0.0625. The fourth-order valence-electron chi connectivity index (χ4n) is 2.29. The minimum absolute atomic E-state index is 0.429. The molecule has 0 saturated carbocycles. The highest BCUT2D eigenvalue weighted by atomic mass is 35.5. The molecule has 5 heteroatoms. The Hall–Kier alpha value is -2.46. The van der Waals surface area contributed by atoms with Gasteiger partial charge in [-0.2, -0.15) is 5.10 Å². The van der Waals surface area contributed by atoms with Crippen LogP contribution in [0.2, 0.25) is 5.02 Å². The molecular weight excluding hydrogens is 286 g/mol. The molecule has 0 amide bonds. The Labute approximate surface area is 127 Å². The van der Waals surface area contributed by atoms with Crippen molar-refractivity contribution in [1.82, 2.24) is 10.2 Å². The number of aromatic amines is 1. The summed E-state index contributed by atoms with van der Waals surface area (Å²) in [5, 5.41) is 7.73. The smallest absolute Gasteiger partial charge is 0.153 e. The molecule has 0 bridgehead atoms. The van der Waals surface area contributed by atoms with Gasteiger partial charge in [0, 0.05) is 10.6 Å². The molecule has 2 aromatic carbocycles. The zero-order valence-electron chi connectivity index (χ0n) is 11.4. The van der Waals surface area contributed by atoms with Crippen LogP contribution in [-0.4, -0.2) is 17.3 Å². The van der Waals surface area contributed by atoms with Gasteiger partial charge in [0.1, 0.15) is 5.75 Å². The highest BCUT2D eigenvalue weighted by Gasteiger charge is 2.16. The maximum Gasteiger partial charge on any atom is 0.153 e. The van der Waals surface area contributed by atoms with Gasteiger partial charge in [0.15, 0.2) is 5.82 Å². The van der Waals surface area contributed by atoms with E-state index in [2.05, 4.69) is 10.2 Å². The maximum atomic E-state index is 6.27. The summed E-state index contributed by atoms with van der Waals surface area (Å²) in [5.41, 5.74) is 9.43. The molecule has 21 heavy (non-hydrogen) atoms. The number of rotatable bonds is 3. The number of nitrogens with one attached hydrogen (secondary N) is 1.